The van der Waals surface area contributed by atoms with Gasteiger partial charge >= 0.3 is 0 Å². The minimum Gasteiger partial charge on any atom is -0.502 e. The van der Waals surface area contributed by atoms with Crippen molar-refractivity contribution in [2.45, 2.75) is 89.9 Å². The third-order valence-electron chi connectivity index (χ3n) is 3.79. The molecule has 0 aromatic heterocycles. The van der Waals surface area contributed by atoms with Gasteiger partial charge < -0.3 is 9.84 Å². The van der Waals surface area contributed by atoms with E-state index in [1.165, 1.54) is 89.7 Å². The van der Waals surface area contributed by atoms with Crippen LogP contribution in [0.4, 0.5) is 0 Å². The Balaban J connectivity index is 2.90. The highest BCUT2D eigenvalue weighted by Crippen LogP contribution is 2.12. The van der Waals surface area contributed by atoms with Gasteiger partial charge in [0.25, 0.3) is 0 Å². The molecule has 0 aliphatic carbocycles. The quantitative estimate of drug-likeness (QED) is 0.278. The van der Waals surface area contributed by atoms with Gasteiger partial charge in [0.05, 0.1) is 12.9 Å². The molecule has 0 atom stereocenters. The average molecular weight is 284 g/mol. The van der Waals surface area contributed by atoms with E-state index in [2.05, 4.69) is 6.58 Å². The standard InChI is InChI=1S/C18H36O2/c1-2-20-18-16-14-12-10-8-6-4-3-5-7-9-11-13-15-17-19/h2,19H,1,3-18H2. The third kappa shape index (κ3) is 17.5. The van der Waals surface area contributed by atoms with Crippen LogP contribution in [-0.2, 0) is 4.74 Å². The zero-order valence-corrected chi connectivity index (χ0v) is 13.5. The normalized spacial score (nSPS) is 10.7. The summed E-state index contributed by atoms with van der Waals surface area (Å²) in [5, 5.41) is 8.67. The second kappa shape index (κ2) is 18.5. The maximum absolute atomic E-state index is 8.67. The highest BCUT2D eigenvalue weighted by molar-refractivity contribution is 4.51. The first kappa shape index (κ1) is 19.5. The van der Waals surface area contributed by atoms with Crippen LogP contribution < -0.4 is 0 Å². The van der Waals surface area contributed by atoms with Crippen LogP contribution in [0.25, 0.3) is 0 Å². The minimum absolute atomic E-state index is 0.362. The highest BCUT2D eigenvalue weighted by atomic mass is 16.5. The number of aliphatic hydroxyl groups is 1. The van der Waals surface area contributed by atoms with Crippen LogP contribution in [0, 0.1) is 0 Å². The topological polar surface area (TPSA) is 29.5 Å². The Hall–Kier alpha value is -0.500. The van der Waals surface area contributed by atoms with Gasteiger partial charge in [-0.25, -0.2) is 0 Å². The molecule has 20 heavy (non-hydrogen) atoms. The van der Waals surface area contributed by atoms with Crippen LogP contribution in [0.2, 0.25) is 0 Å². The van der Waals surface area contributed by atoms with Gasteiger partial charge in [-0.1, -0.05) is 83.6 Å². The van der Waals surface area contributed by atoms with E-state index in [9.17, 15) is 0 Å². The Morgan fingerprint density at radius 2 is 0.950 bits per heavy atom. The van der Waals surface area contributed by atoms with Crippen molar-refractivity contribution in [1.29, 1.82) is 0 Å². The summed E-state index contributed by atoms with van der Waals surface area (Å²) in [7, 11) is 0. The van der Waals surface area contributed by atoms with Crippen LogP contribution in [0.1, 0.15) is 89.9 Å². The molecule has 0 amide bonds. The number of aliphatic hydroxyl groups excluding tert-OH is 1. The highest BCUT2D eigenvalue weighted by Gasteiger charge is 1.94. The van der Waals surface area contributed by atoms with Crippen molar-refractivity contribution >= 4 is 0 Å². The summed E-state index contributed by atoms with van der Waals surface area (Å²) in [6, 6.07) is 0. The maximum Gasteiger partial charge on any atom is 0.0873 e. The fourth-order valence-corrected chi connectivity index (χ4v) is 2.50. The molecule has 0 saturated heterocycles. The zero-order valence-electron chi connectivity index (χ0n) is 13.5. The molecule has 0 radical (unpaired) electrons. The number of hydrogen-bond acceptors (Lipinski definition) is 2. The van der Waals surface area contributed by atoms with E-state index >= 15 is 0 Å². The van der Waals surface area contributed by atoms with Crippen molar-refractivity contribution in [2.24, 2.45) is 0 Å². The predicted octanol–water partition coefficient (Wildman–Crippen LogP) is 5.60. The van der Waals surface area contributed by atoms with Crippen molar-refractivity contribution in [3.05, 3.63) is 12.8 Å². The zero-order chi connectivity index (χ0) is 14.7. The van der Waals surface area contributed by atoms with Crippen LogP contribution in [0.5, 0.6) is 0 Å². The van der Waals surface area contributed by atoms with Crippen molar-refractivity contribution < 1.29 is 9.84 Å². The lowest BCUT2D eigenvalue weighted by Crippen LogP contribution is -1.88. The van der Waals surface area contributed by atoms with E-state index in [0.29, 0.717) is 6.61 Å². The molecule has 0 aliphatic rings. The average Bonchev–Trinajstić information content (AvgIpc) is 2.47. The SMILES string of the molecule is C=COCCCCCCCCCCCCCCCCO. The van der Waals surface area contributed by atoms with Crippen LogP contribution in [0.15, 0.2) is 12.8 Å². The maximum atomic E-state index is 8.67. The van der Waals surface area contributed by atoms with Gasteiger partial charge in [-0.2, -0.15) is 0 Å². The predicted molar refractivity (Wildman–Crippen MR) is 87.9 cm³/mol. The first-order chi connectivity index (χ1) is 9.91. The number of unbranched alkanes of at least 4 members (excludes halogenated alkanes) is 13. The van der Waals surface area contributed by atoms with Gasteiger partial charge in [0.1, 0.15) is 0 Å². The molecule has 1 N–H and O–H groups in total. The lowest BCUT2D eigenvalue weighted by Gasteiger charge is -2.03. The number of ether oxygens (including phenoxy) is 1. The Labute approximate surface area is 126 Å². The molecule has 0 saturated carbocycles. The van der Waals surface area contributed by atoms with Gasteiger partial charge in [0.15, 0.2) is 0 Å². The third-order valence-corrected chi connectivity index (χ3v) is 3.79. The van der Waals surface area contributed by atoms with E-state index in [4.69, 9.17) is 9.84 Å². The molecule has 0 aromatic rings. The van der Waals surface area contributed by atoms with Crippen LogP contribution in [-0.4, -0.2) is 18.3 Å². The summed E-state index contributed by atoms with van der Waals surface area (Å²) in [6.45, 7) is 4.73. The molecule has 120 valence electrons. The molecular formula is C18H36O2. The molecule has 0 aromatic carbocycles. The summed E-state index contributed by atoms with van der Waals surface area (Å²) in [6.07, 6.45) is 20.0. The molecular weight excluding hydrogens is 248 g/mol. The van der Waals surface area contributed by atoms with Crippen molar-refractivity contribution in [2.75, 3.05) is 13.2 Å². The molecule has 2 nitrogen and oxygen atoms in total. The fraction of sp³-hybridized carbons (Fsp3) is 0.889. The number of hydrogen-bond donors (Lipinski definition) is 1. The first-order valence-electron chi connectivity index (χ1n) is 8.75. The first-order valence-corrected chi connectivity index (χ1v) is 8.75. The summed E-state index contributed by atoms with van der Waals surface area (Å²) < 4.78 is 5.10. The Bertz CT molecular complexity index is 180. The summed E-state index contributed by atoms with van der Waals surface area (Å²) in [5.41, 5.74) is 0. The smallest absolute Gasteiger partial charge is 0.0873 e. The lowest BCUT2D eigenvalue weighted by atomic mass is 10.0. The molecule has 0 heterocycles. The molecule has 0 fully saturated rings. The molecule has 2 heteroatoms. The fourth-order valence-electron chi connectivity index (χ4n) is 2.50. The molecule has 0 spiro atoms. The van der Waals surface area contributed by atoms with E-state index in [0.717, 1.165) is 13.0 Å². The van der Waals surface area contributed by atoms with E-state index in [1.807, 2.05) is 0 Å². The van der Waals surface area contributed by atoms with Crippen LogP contribution >= 0.6 is 0 Å². The van der Waals surface area contributed by atoms with Crippen molar-refractivity contribution in [3.8, 4) is 0 Å². The molecule has 0 bridgehead atoms. The molecule has 0 unspecified atom stereocenters. The van der Waals surface area contributed by atoms with Crippen molar-refractivity contribution in [1.82, 2.24) is 0 Å². The monoisotopic (exact) mass is 284 g/mol. The summed E-state index contributed by atoms with van der Waals surface area (Å²) in [5.74, 6) is 0. The Kier molecular flexibility index (Phi) is 18.0. The molecule has 0 rings (SSSR count). The van der Waals surface area contributed by atoms with Gasteiger partial charge in [-0.3, -0.25) is 0 Å². The Morgan fingerprint density at radius 1 is 0.600 bits per heavy atom. The van der Waals surface area contributed by atoms with Gasteiger partial charge in [-0.15, -0.1) is 0 Å². The lowest BCUT2D eigenvalue weighted by molar-refractivity contribution is 0.241. The second-order valence-corrected chi connectivity index (χ2v) is 5.71. The number of rotatable bonds is 17. The second-order valence-electron chi connectivity index (χ2n) is 5.71. The van der Waals surface area contributed by atoms with E-state index in [1.54, 1.807) is 0 Å². The summed E-state index contributed by atoms with van der Waals surface area (Å²) >= 11 is 0. The van der Waals surface area contributed by atoms with E-state index < -0.39 is 0 Å². The Morgan fingerprint density at radius 3 is 1.30 bits per heavy atom. The van der Waals surface area contributed by atoms with Gasteiger partial charge in [-0.05, 0) is 12.8 Å². The minimum atomic E-state index is 0.362. The summed E-state index contributed by atoms with van der Waals surface area (Å²) in [4.78, 5) is 0. The van der Waals surface area contributed by atoms with Crippen LogP contribution in [0.3, 0.4) is 0 Å². The largest absolute Gasteiger partial charge is 0.502 e. The van der Waals surface area contributed by atoms with Crippen molar-refractivity contribution in [3.63, 3.8) is 0 Å². The van der Waals surface area contributed by atoms with Gasteiger partial charge in [0.2, 0.25) is 0 Å². The molecule has 0 aliphatic heterocycles. The van der Waals surface area contributed by atoms with E-state index in [-0.39, 0.29) is 0 Å². The van der Waals surface area contributed by atoms with Gasteiger partial charge in [0, 0.05) is 6.61 Å².